The third-order valence-electron chi connectivity index (χ3n) is 2.85. The highest BCUT2D eigenvalue weighted by Gasteiger charge is 2.19. The van der Waals surface area contributed by atoms with Gasteiger partial charge in [0.1, 0.15) is 15.8 Å². The van der Waals surface area contributed by atoms with E-state index in [1.807, 2.05) is 0 Å². The number of anilines is 3. The Bertz CT molecular complexity index is 634. The largest absolute Gasteiger partial charge is 0.345 e. The molecule has 1 aliphatic rings. The highest BCUT2D eigenvalue weighted by molar-refractivity contribution is 7.81. The summed E-state index contributed by atoms with van der Waals surface area (Å²) in [6.45, 7) is 2.12. The minimum Gasteiger partial charge on any atom is -0.345 e. The van der Waals surface area contributed by atoms with Crippen LogP contribution in [0, 0.1) is 5.82 Å². The first kappa shape index (κ1) is 11.6. The van der Waals surface area contributed by atoms with Gasteiger partial charge >= 0.3 is 0 Å². The van der Waals surface area contributed by atoms with Gasteiger partial charge in [-0.3, -0.25) is 0 Å². The smallest absolute Gasteiger partial charge is 0.125 e. The number of nitrogens with one attached hydrogen (secondary N) is 2. The Morgan fingerprint density at radius 2 is 2.06 bits per heavy atom. The van der Waals surface area contributed by atoms with Crippen molar-refractivity contribution in [3.05, 3.63) is 40.5 Å². The third kappa shape index (κ3) is 1.89. The summed E-state index contributed by atoms with van der Waals surface area (Å²) in [5.41, 5.74) is 2.52. The molecule has 0 saturated heterocycles. The molecule has 1 aromatic heterocycles. The number of fused-ring (bicyclic) bond motifs is 2. The fourth-order valence-electron chi connectivity index (χ4n) is 1.92. The van der Waals surface area contributed by atoms with Crippen LogP contribution in [-0.4, -0.2) is 4.99 Å². The van der Waals surface area contributed by atoms with Crippen LogP contribution in [0.5, 0.6) is 0 Å². The number of thiocarbonyl (C=S) groups is 1. The SMILES string of the molecule is CCc1cc2c(s1)Nc1ccc(F)cc1NC2=S. The highest BCUT2D eigenvalue weighted by Crippen LogP contribution is 2.37. The Balaban J connectivity index is 2.11. The molecule has 18 heavy (non-hydrogen) atoms. The number of hydrogen-bond donors (Lipinski definition) is 2. The van der Waals surface area contributed by atoms with Gasteiger partial charge in [-0.2, -0.15) is 0 Å². The molecule has 2 nitrogen and oxygen atoms in total. The molecule has 0 bridgehead atoms. The predicted octanol–water partition coefficient (Wildman–Crippen LogP) is 4.29. The average Bonchev–Trinajstić information content (AvgIpc) is 2.71. The van der Waals surface area contributed by atoms with Crippen molar-refractivity contribution >= 4 is 44.9 Å². The molecule has 92 valence electrons. The van der Waals surface area contributed by atoms with Crippen molar-refractivity contribution in [3.8, 4) is 0 Å². The van der Waals surface area contributed by atoms with Gasteiger partial charge in [-0.15, -0.1) is 11.3 Å². The first-order valence-corrected chi connectivity index (χ1v) is 6.90. The lowest BCUT2D eigenvalue weighted by Crippen LogP contribution is -2.08. The Hall–Kier alpha value is -1.46. The minimum absolute atomic E-state index is 0.273. The van der Waals surface area contributed by atoms with Crippen LogP contribution in [0.1, 0.15) is 17.4 Å². The lowest BCUT2D eigenvalue weighted by Gasteiger charge is -2.08. The fraction of sp³-hybridized carbons (Fsp3) is 0.154. The molecule has 0 atom stereocenters. The molecule has 0 aliphatic carbocycles. The lowest BCUT2D eigenvalue weighted by molar-refractivity contribution is 0.628. The summed E-state index contributed by atoms with van der Waals surface area (Å²) >= 11 is 7.05. The summed E-state index contributed by atoms with van der Waals surface area (Å²) in [6, 6.07) is 6.70. The molecule has 2 aromatic rings. The fourth-order valence-corrected chi connectivity index (χ4v) is 3.27. The van der Waals surface area contributed by atoms with Crippen molar-refractivity contribution in [3.63, 3.8) is 0 Å². The van der Waals surface area contributed by atoms with Gasteiger partial charge in [0, 0.05) is 10.4 Å². The molecule has 0 amide bonds. The van der Waals surface area contributed by atoms with Crippen LogP contribution in [0.25, 0.3) is 0 Å². The molecular formula is C13H11FN2S2. The van der Waals surface area contributed by atoms with Crippen LogP contribution in [0.2, 0.25) is 0 Å². The van der Waals surface area contributed by atoms with E-state index < -0.39 is 0 Å². The predicted molar refractivity (Wildman–Crippen MR) is 78.7 cm³/mol. The molecule has 3 rings (SSSR count). The summed E-state index contributed by atoms with van der Waals surface area (Å²) in [6.07, 6.45) is 0.984. The van der Waals surface area contributed by atoms with Gasteiger partial charge in [0.2, 0.25) is 0 Å². The zero-order valence-corrected chi connectivity index (χ0v) is 11.3. The van der Waals surface area contributed by atoms with Crippen LogP contribution in [0.15, 0.2) is 24.3 Å². The molecule has 0 spiro atoms. The van der Waals surface area contributed by atoms with Gasteiger partial charge in [0.25, 0.3) is 0 Å². The number of hydrogen-bond acceptors (Lipinski definition) is 3. The van der Waals surface area contributed by atoms with E-state index in [-0.39, 0.29) is 5.82 Å². The highest BCUT2D eigenvalue weighted by atomic mass is 32.1. The molecule has 2 N–H and O–H groups in total. The van der Waals surface area contributed by atoms with Gasteiger partial charge in [-0.1, -0.05) is 19.1 Å². The Morgan fingerprint density at radius 3 is 2.83 bits per heavy atom. The maximum absolute atomic E-state index is 13.2. The van der Waals surface area contributed by atoms with E-state index in [0.717, 1.165) is 22.7 Å². The van der Waals surface area contributed by atoms with Crippen molar-refractivity contribution in [2.24, 2.45) is 0 Å². The van der Waals surface area contributed by atoms with Gasteiger partial charge in [-0.25, -0.2) is 4.39 Å². The van der Waals surface area contributed by atoms with Gasteiger partial charge < -0.3 is 10.6 Å². The van der Waals surface area contributed by atoms with Crippen LogP contribution in [-0.2, 0) is 6.42 Å². The number of thiophene rings is 1. The molecule has 0 saturated carbocycles. The quantitative estimate of drug-likeness (QED) is 0.761. The number of benzene rings is 1. The molecule has 0 unspecified atom stereocenters. The zero-order valence-electron chi connectivity index (χ0n) is 9.71. The first-order valence-electron chi connectivity index (χ1n) is 5.68. The standard InChI is InChI=1S/C13H11FN2S2/c1-2-8-6-9-12(17)15-11-5-7(14)3-4-10(11)16-13(9)18-8/h3-6,16H,2H2,1H3,(H,15,17). The minimum atomic E-state index is -0.273. The van der Waals surface area contributed by atoms with Crippen molar-refractivity contribution in [1.82, 2.24) is 0 Å². The Kier molecular flexibility index (Phi) is 2.80. The van der Waals surface area contributed by atoms with E-state index in [1.54, 1.807) is 17.4 Å². The third-order valence-corrected chi connectivity index (χ3v) is 4.37. The second-order valence-electron chi connectivity index (χ2n) is 4.08. The van der Waals surface area contributed by atoms with Crippen molar-refractivity contribution in [2.45, 2.75) is 13.3 Å². The van der Waals surface area contributed by atoms with Gasteiger partial charge in [0.15, 0.2) is 0 Å². The van der Waals surface area contributed by atoms with Crippen LogP contribution < -0.4 is 10.6 Å². The summed E-state index contributed by atoms with van der Waals surface area (Å²) in [5, 5.41) is 7.43. The molecule has 0 radical (unpaired) electrons. The molecule has 0 fully saturated rings. The lowest BCUT2D eigenvalue weighted by atomic mass is 10.2. The Labute approximate surface area is 114 Å². The van der Waals surface area contributed by atoms with Gasteiger partial charge in [0.05, 0.1) is 11.4 Å². The molecule has 5 heteroatoms. The summed E-state index contributed by atoms with van der Waals surface area (Å²) in [5.74, 6) is -0.273. The van der Waals surface area contributed by atoms with E-state index in [0.29, 0.717) is 10.7 Å². The summed E-state index contributed by atoms with van der Waals surface area (Å²) in [7, 11) is 0. The van der Waals surface area contributed by atoms with E-state index in [1.165, 1.54) is 17.0 Å². The maximum Gasteiger partial charge on any atom is 0.125 e. The molecule has 1 aliphatic heterocycles. The summed E-state index contributed by atoms with van der Waals surface area (Å²) in [4.78, 5) is 1.92. The monoisotopic (exact) mass is 278 g/mol. The van der Waals surface area contributed by atoms with Crippen molar-refractivity contribution in [2.75, 3.05) is 10.6 Å². The molecule has 2 heterocycles. The van der Waals surface area contributed by atoms with Crippen LogP contribution in [0.3, 0.4) is 0 Å². The van der Waals surface area contributed by atoms with Gasteiger partial charge in [-0.05, 0) is 30.7 Å². The topological polar surface area (TPSA) is 24.1 Å². The molecular weight excluding hydrogens is 267 g/mol. The normalized spacial score (nSPS) is 13.1. The first-order chi connectivity index (χ1) is 8.67. The number of rotatable bonds is 1. The van der Waals surface area contributed by atoms with E-state index in [9.17, 15) is 4.39 Å². The van der Waals surface area contributed by atoms with Crippen LogP contribution >= 0.6 is 23.6 Å². The average molecular weight is 278 g/mol. The Morgan fingerprint density at radius 1 is 1.22 bits per heavy atom. The van der Waals surface area contributed by atoms with Crippen molar-refractivity contribution < 1.29 is 4.39 Å². The maximum atomic E-state index is 13.2. The van der Waals surface area contributed by atoms with E-state index in [4.69, 9.17) is 12.2 Å². The zero-order chi connectivity index (χ0) is 12.7. The van der Waals surface area contributed by atoms with E-state index in [2.05, 4.69) is 23.6 Å². The van der Waals surface area contributed by atoms with Crippen LogP contribution in [0.4, 0.5) is 20.8 Å². The van der Waals surface area contributed by atoms with E-state index >= 15 is 0 Å². The second kappa shape index (κ2) is 4.33. The number of halogens is 1. The summed E-state index contributed by atoms with van der Waals surface area (Å²) < 4.78 is 13.2. The van der Waals surface area contributed by atoms with Crippen molar-refractivity contribution in [1.29, 1.82) is 0 Å². The second-order valence-corrected chi connectivity index (χ2v) is 5.62. The molecule has 1 aromatic carbocycles. The number of aryl methyl sites for hydroxylation is 1.